The van der Waals surface area contributed by atoms with Gasteiger partial charge >= 0.3 is 0 Å². The number of carbonyl (C=O) groups excluding carboxylic acids is 1. The largest absolute Gasteiger partial charge is 0.492 e. The molecular formula is C59H90Cl2N4O5. The molecule has 2 aromatic rings. The lowest BCUT2D eigenvalue weighted by Crippen LogP contribution is -2.33. The van der Waals surface area contributed by atoms with Crippen molar-refractivity contribution in [3.05, 3.63) is 123 Å². The maximum atomic E-state index is 11.9. The second-order valence-corrected chi connectivity index (χ2v) is 19.9. The van der Waals surface area contributed by atoms with E-state index < -0.39 is 5.79 Å². The molecule has 1 aromatic carbocycles. The molecule has 0 spiro atoms. The maximum absolute atomic E-state index is 11.9. The first-order valence-electron chi connectivity index (χ1n) is 25.4. The number of aromatic nitrogens is 3. The van der Waals surface area contributed by atoms with E-state index >= 15 is 0 Å². The highest BCUT2D eigenvalue weighted by atomic mass is 35.5. The van der Waals surface area contributed by atoms with Gasteiger partial charge in [-0.25, -0.2) is 4.68 Å². The number of ether oxygens (including phenoxy) is 4. The Labute approximate surface area is 435 Å². The van der Waals surface area contributed by atoms with Crippen LogP contribution in [0.1, 0.15) is 164 Å². The summed E-state index contributed by atoms with van der Waals surface area (Å²) in [6, 6.07) is 3.26. The number of ketones is 1. The fourth-order valence-electron chi connectivity index (χ4n) is 7.74. The lowest BCUT2D eigenvalue weighted by molar-refractivity contribution is -0.188. The Kier molecular flexibility index (Phi) is 30.7. The molecule has 4 atom stereocenters. The van der Waals surface area contributed by atoms with Crippen molar-refractivity contribution in [3.8, 4) is 18.1 Å². The van der Waals surface area contributed by atoms with E-state index in [-0.39, 0.29) is 40.2 Å². The van der Waals surface area contributed by atoms with Crippen LogP contribution in [-0.4, -0.2) is 83.1 Å². The molecule has 1 aromatic heterocycles. The lowest BCUT2D eigenvalue weighted by atomic mass is 9.72. The van der Waals surface area contributed by atoms with Gasteiger partial charge in [0.2, 0.25) is 0 Å². The second-order valence-electron chi connectivity index (χ2n) is 19.2. The number of halogens is 2. The van der Waals surface area contributed by atoms with E-state index in [0.29, 0.717) is 41.9 Å². The highest BCUT2D eigenvalue weighted by molar-refractivity contribution is 6.45. The molecule has 2 aliphatic heterocycles. The number of nitrogens with zero attached hydrogens (tertiary/aromatic N) is 4. The summed E-state index contributed by atoms with van der Waals surface area (Å²) in [5.74, 6) is 2.30. The summed E-state index contributed by atoms with van der Waals surface area (Å²) >= 11 is 12.1. The molecular weight excluding hydrogens is 916 g/mol. The molecule has 390 valence electrons. The van der Waals surface area contributed by atoms with Crippen LogP contribution in [0.3, 0.4) is 0 Å². The number of terminal acetylenes is 1. The fraction of sp³-hybridized carbons (Fsp3) is 0.576. The highest BCUT2D eigenvalue weighted by Crippen LogP contribution is 2.42. The second kappa shape index (κ2) is 33.6. The number of Topliss-reactive ketones (excluding diaryl/α,β-unsaturated/α-hetero) is 1. The van der Waals surface area contributed by atoms with Crippen molar-refractivity contribution in [2.24, 2.45) is 5.41 Å². The Hall–Kier alpha value is -4.01. The van der Waals surface area contributed by atoms with Gasteiger partial charge in [0.15, 0.2) is 11.6 Å². The van der Waals surface area contributed by atoms with Crippen molar-refractivity contribution in [1.29, 1.82) is 0 Å². The number of allylic oxidation sites excluding steroid dienone is 12. The van der Waals surface area contributed by atoms with Crippen LogP contribution in [0.25, 0.3) is 0 Å². The number of hydrogen-bond acceptors (Lipinski definition) is 8. The molecule has 0 saturated carbocycles. The molecule has 9 nitrogen and oxygen atoms in total. The van der Waals surface area contributed by atoms with Gasteiger partial charge in [0.25, 0.3) is 0 Å². The summed E-state index contributed by atoms with van der Waals surface area (Å²) in [5, 5.41) is 8.86. The molecule has 2 saturated heterocycles. The van der Waals surface area contributed by atoms with E-state index in [2.05, 4.69) is 153 Å². The molecule has 70 heavy (non-hydrogen) atoms. The van der Waals surface area contributed by atoms with E-state index in [1.807, 2.05) is 45.5 Å². The number of carbonyl (C=O) groups is 1. The molecule has 5 rings (SSSR count). The topological polar surface area (TPSA) is 87.9 Å². The van der Waals surface area contributed by atoms with Crippen LogP contribution in [0.5, 0.6) is 5.75 Å². The molecule has 11 heteroatoms. The molecule has 3 aliphatic rings. The minimum Gasteiger partial charge on any atom is -0.492 e. The van der Waals surface area contributed by atoms with Crippen LogP contribution in [0.15, 0.2) is 101 Å². The van der Waals surface area contributed by atoms with E-state index in [4.69, 9.17) is 48.6 Å². The first-order valence-corrected chi connectivity index (χ1v) is 26.1. The smallest absolute Gasteiger partial charge is 0.189 e. The fourth-order valence-corrected chi connectivity index (χ4v) is 8.21. The first kappa shape index (κ1) is 64.0. The number of fused-ring (bicyclic) bond motifs is 1. The zero-order chi connectivity index (χ0) is 53.0. The van der Waals surface area contributed by atoms with Crippen molar-refractivity contribution < 1.29 is 23.7 Å². The van der Waals surface area contributed by atoms with Gasteiger partial charge in [-0.15, -0.1) is 17.4 Å². The van der Waals surface area contributed by atoms with Gasteiger partial charge in [0.1, 0.15) is 29.1 Å². The monoisotopic (exact) mass is 1000 g/mol. The van der Waals surface area contributed by atoms with Gasteiger partial charge in [-0.3, -0.25) is 4.79 Å². The zero-order valence-corrected chi connectivity index (χ0v) is 47.5. The van der Waals surface area contributed by atoms with Crippen LogP contribution in [-0.2, 0) is 27.2 Å². The molecule has 4 unspecified atom stereocenters. The number of hydrogen-bond donors (Lipinski definition) is 0. The molecule has 0 radical (unpaired) electrons. The van der Waals surface area contributed by atoms with Crippen LogP contribution >= 0.6 is 23.2 Å². The Balaban J connectivity index is 0.000000471. The Bertz CT molecular complexity index is 2130. The zero-order valence-electron chi connectivity index (χ0n) is 46.0. The van der Waals surface area contributed by atoms with Gasteiger partial charge in [-0.05, 0) is 143 Å². The predicted octanol–water partition coefficient (Wildman–Crippen LogP) is 15.6. The average Bonchev–Trinajstić information content (AvgIpc) is 3.99. The maximum Gasteiger partial charge on any atom is 0.189 e. The quantitative estimate of drug-likeness (QED) is 0.0509. The predicted molar refractivity (Wildman–Crippen MR) is 297 cm³/mol. The van der Waals surface area contributed by atoms with E-state index in [1.165, 1.54) is 36.0 Å². The molecule has 3 heterocycles. The van der Waals surface area contributed by atoms with E-state index in [0.717, 1.165) is 44.3 Å². The molecule has 2 fully saturated rings. The van der Waals surface area contributed by atoms with Crippen LogP contribution < -0.4 is 4.74 Å². The van der Waals surface area contributed by atoms with Crippen LogP contribution in [0, 0.1) is 17.8 Å². The molecule has 0 bridgehead atoms. The SMILES string of the molecule is C#CCCC.C/C=C(C)/C=C/C=C(C)/C=C/C1=C(C)CCCC1(C)C.C/C=C/CN(C)C.C=C(CC)C(=O)c1ccc(OCC)c(Cl)c1Cl.CCCc1cn(CC2OC(CC)C3OC(C)(C)OC23)nn1. The van der Waals surface area contributed by atoms with Gasteiger partial charge < -0.3 is 23.8 Å². The van der Waals surface area contributed by atoms with E-state index in [1.54, 1.807) is 17.7 Å². The van der Waals surface area contributed by atoms with E-state index in [9.17, 15) is 4.79 Å². The number of benzene rings is 1. The standard InChI is InChI=1S/C20H30.C15H25N3O3.C13H14Cl2O2.C6H13N.C5H8/c1-7-16(2)10-8-11-17(3)13-14-19-18(4)12-9-15-20(19,5)6;1-5-7-10-8-18(17-16-10)9-12-14-13(11(6-2)19-12)20-15(3,4)21-14;1-4-8(3)13(16)9-6-7-10(17-5-2)12(15)11(9)14;1-4-5-6-7(2)3;1-3-5-4-2/h7-8,10-11,13-14H,9,12,15H2,1-6H3;8,11-14H,5-7,9H2,1-4H3;6-7H,3-5H2,1-2H3;4-5H,6H2,1-3H3;1H,4-5H2,2H3/b10-8+,14-13+,16-7+,17-11+;;;5-4+;. The van der Waals surface area contributed by atoms with Gasteiger partial charge in [0.05, 0.1) is 30.0 Å². The minimum atomic E-state index is -0.527. The normalized spacial score (nSPS) is 20.4. The Morgan fingerprint density at radius 1 is 1.00 bits per heavy atom. The van der Waals surface area contributed by atoms with Gasteiger partial charge in [-0.2, -0.15) is 0 Å². The molecule has 0 N–H and O–H groups in total. The van der Waals surface area contributed by atoms with Crippen LogP contribution in [0.4, 0.5) is 0 Å². The summed E-state index contributed by atoms with van der Waals surface area (Å²) in [4.78, 5) is 14.1. The lowest BCUT2D eigenvalue weighted by Gasteiger charge is -2.32. The average molecular weight is 1010 g/mol. The summed E-state index contributed by atoms with van der Waals surface area (Å²) in [6.45, 7) is 35.3. The summed E-state index contributed by atoms with van der Waals surface area (Å²) < 4.78 is 25.3. The number of rotatable bonds is 17. The third-order valence-electron chi connectivity index (χ3n) is 11.8. The molecule has 1 aliphatic carbocycles. The van der Waals surface area contributed by atoms with Crippen molar-refractivity contribution >= 4 is 29.0 Å². The van der Waals surface area contributed by atoms with Gasteiger partial charge in [-0.1, -0.05) is 148 Å². The third-order valence-corrected chi connectivity index (χ3v) is 12.6. The summed E-state index contributed by atoms with van der Waals surface area (Å²) in [6.07, 6.45) is 33.7. The van der Waals surface area contributed by atoms with Crippen molar-refractivity contribution in [1.82, 2.24) is 19.9 Å². The summed E-state index contributed by atoms with van der Waals surface area (Å²) in [7, 11) is 4.11. The highest BCUT2D eigenvalue weighted by Gasteiger charge is 2.54. The first-order chi connectivity index (χ1) is 33.1. The minimum absolute atomic E-state index is 0.0219. The Morgan fingerprint density at radius 3 is 2.19 bits per heavy atom. The van der Waals surface area contributed by atoms with Crippen molar-refractivity contribution in [2.75, 3.05) is 27.2 Å². The van der Waals surface area contributed by atoms with Gasteiger partial charge in [0, 0.05) is 24.7 Å². The van der Waals surface area contributed by atoms with Crippen molar-refractivity contribution in [3.63, 3.8) is 0 Å². The number of unbranched alkanes of at least 4 members (excludes halogenated alkanes) is 1. The van der Waals surface area contributed by atoms with Crippen LogP contribution in [0.2, 0.25) is 10.0 Å². The summed E-state index contributed by atoms with van der Waals surface area (Å²) in [5.41, 5.74) is 7.92. The third kappa shape index (κ3) is 22.6. The number of likely N-dealkylation sites (N-methyl/N-ethyl adjacent to an activating group) is 1. The molecule has 0 amide bonds. The number of aryl methyl sites for hydroxylation is 1. The van der Waals surface area contributed by atoms with Crippen molar-refractivity contribution in [2.45, 2.75) is 191 Å². The Morgan fingerprint density at radius 2 is 1.67 bits per heavy atom.